The lowest BCUT2D eigenvalue weighted by atomic mass is 10.1. The second-order valence-corrected chi connectivity index (χ2v) is 6.55. The fraction of sp³-hybridized carbons (Fsp3) is 0.200. The van der Waals surface area contributed by atoms with Gasteiger partial charge in [-0.2, -0.15) is 4.98 Å². The number of rotatable bonds is 3. The second-order valence-electron chi connectivity index (χ2n) is 6.55. The predicted octanol–water partition coefficient (Wildman–Crippen LogP) is 4.67. The summed E-state index contributed by atoms with van der Waals surface area (Å²) >= 11 is 0. The van der Waals surface area contributed by atoms with Crippen LogP contribution >= 0.6 is 0 Å². The standard InChI is InChI=1S/C20H17N3O3/c1-12(2)23-9-8-13-10-14(6-7-16(13)23)20-21-19(22-26-20)15-4-3-5-17-18(15)25-11-24-17/h3-10,12H,11H2,1-2H3. The molecule has 26 heavy (non-hydrogen) atoms. The average Bonchev–Trinajstić information content (AvgIpc) is 3.38. The largest absolute Gasteiger partial charge is 0.454 e. The van der Waals surface area contributed by atoms with E-state index in [0.717, 1.165) is 16.5 Å². The maximum Gasteiger partial charge on any atom is 0.258 e. The van der Waals surface area contributed by atoms with Crippen LogP contribution in [-0.4, -0.2) is 21.5 Å². The molecule has 1 aliphatic rings. The molecule has 2 aromatic carbocycles. The topological polar surface area (TPSA) is 62.3 Å². The highest BCUT2D eigenvalue weighted by molar-refractivity contribution is 5.84. The smallest absolute Gasteiger partial charge is 0.258 e. The molecule has 0 N–H and O–H groups in total. The maximum absolute atomic E-state index is 5.54. The van der Waals surface area contributed by atoms with E-state index in [0.29, 0.717) is 29.3 Å². The Labute approximate surface area is 150 Å². The fourth-order valence-electron chi connectivity index (χ4n) is 3.30. The molecule has 6 nitrogen and oxygen atoms in total. The van der Waals surface area contributed by atoms with Gasteiger partial charge in [0.2, 0.25) is 12.6 Å². The van der Waals surface area contributed by atoms with Gasteiger partial charge in [0.1, 0.15) is 0 Å². The molecule has 5 rings (SSSR count). The highest BCUT2D eigenvalue weighted by Gasteiger charge is 2.22. The third-order valence-corrected chi connectivity index (χ3v) is 4.59. The van der Waals surface area contributed by atoms with Crippen molar-refractivity contribution in [2.75, 3.05) is 6.79 Å². The molecular weight excluding hydrogens is 330 g/mol. The Morgan fingerprint density at radius 3 is 2.88 bits per heavy atom. The summed E-state index contributed by atoms with van der Waals surface area (Å²) in [6, 6.07) is 14.3. The van der Waals surface area contributed by atoms with E-state index in [9.17, 15) is 0 Å². The number of hydrogen-bond acceptors (Lipinski definition) is 5. The summed E-state index contributed by atoms with van der Waals surface area (Å²) in [5.74, 6) is 2.33. The third-order valence-electron chi connectivity index (χ3n) is 4.59. The normalized spacial score (nSPS) is 13.0. The van der Waals surface area contributed by atoms with Crippen molar-refractivity contribution >= 4 is 10.9 Å². The van der Waals surface area contributed by atoms with Gasteiger partial charge in [-0.15, -0.1) is 0 Å². The lowest BCUT2D eigenvalue weighted by Crippen LogP contribution is -1.97. The zero-order valence-electron chi connectivity index (χ0n) is 14.5. The van der Waals surface area contributed by atoms with Crippen LogP contribution in [0.2, 0.25) is 0 Å². The van der Waals surface area contributed by atoms with Crippen molar-refractivity contribution in [1.82, 2.24) is 14.7 Å². The first-order chi connectivity index (χ1) is 12.7. The Bertz CT molecular complexity index is 1110. The number of benzene rings is 2. The zero-order chi connectivity index (χ0) is 17.7. The monoisotopic (exact) mass is 347 g/mol. The average molecular weight is 347 g/mol. The molecule has 0 atom stereocenters. The first kappa shape index (κ1) is 15.0. The zero-order valence-corrected chi connectivity index (χ0v) is 14.5. The third kappa shape index (κ3) is 2.26. The van der Waals surface area contributed by atoms with Gasteiger partial charge in [0.25, 0.3) is 5.89 Å². The molecule has 0 spiro atoms. The summed E-state index contributed by atoms with van der Waals surface area (Å²) in [5.41, 5.74) is 2.85. The molecule has 4 aromatic rings. The van der Waals surface area contributed by atoms with Crippen LogP contribution in [0.25, 0.3) is 33.7 Å². The predicted molar refractivity (Wildman–Crippen MR) is 97.2 cm³/mol. The Morgan fingerprint density at radius 2 is 2.00 bits per heavy atom. The number of hydrogen-bond donors (Lipinski definition) is 0. The molecule has 0 saturated heterocycles. The molecule has 0 bridgehead atoms. The molecule has 0 aliphatic carbocycles. The summed E-state index contributed by atoms with van der Waals surface area (Å²) in [6.45, 7) is 4.55. The molecule has 0 amide bonds. The van der Waals surface area contributed by atoms with Crippen LogP contribution < -0.4 is 9.47 Å². The van der Waals surface area contributed by atoms with Gasteiger partial charge in [0.15, 0.2) is 11.5 Å². The fourth-order valence-corrected chi connectivity index (χ4v) is 3.30. The van der Waals surface area contributed by atoms with Crippen LogP contribution in [0, 0.1) is 0 Å². The number of aromatic nitrogens is 3. The highest BCUT2D eigenvalue weighted by Crippen LogP contribution is 2.40. The van der Waals surface area contributed by atoms with Crippen molar-refractivity contribution in [2.45, 2.75) is 19.9 Å². The van der Waals surface area contributed by atoms with Crippen LogP contribution in [0.5, 0.6) is 11.5 Å². The molecule has 130 valence electrons. The number of fused-ring (bicyclic) bond motifs is 2. The second kappa shape index (κ2) is 5.62. The Morgan fingerprint density at radius 1 is 1.08 bits per heavy atom. The summed E-state index contributed by atoms with van der Waals surface area (Å²) in [4.78, 5) is 4.56. The molecule has 2 aromatic heterocycles. The minimum Gasteiger partial charge on any atom is -0.454 e. The van der Waals surface area contributed by atoms with Gasteiger partial charge in [-0.05, 0) is 50.2 Å². The Balaban J connectivity index is 1.55. The van der Waals surface area contributed by atoms with Gasteiger partial charge < -0.3 is 18.6 Å². The van der Waals surface area contributed by atoms with E-state index in [1.165, 1.54) is 5.52 Å². The van der Waals surface area contributed by atoms with Crippen molar-refractivity contribution in [3.05, 3.63) is 48.7 Å². The van der Waals surface area contributed by atoms with Gasteiger partial charge in [-0.25, -0.2) is 0 Å². The van der Waals surface area contributed by atoms with Gasteiger partial charge >= 0.3 is 0 Å². The summed E-state index contributed by atoms with van der Waals surface area (Å²) < 4.78 is 18.7. The van der Waals surface area contributed by atoms with Crippen LogP contribution in [0.1, 0.15) is 19.9 Å². The molecular formula is C20H17N3O3. The van der Waals surface area contributed by atoms with Crippen molar-refractivity contribution < 1.29 is 14.0 Å². The molecule has 0 radical (unpaired) electrons. The number of ether oxygens (including phenoxy) is 2. The number of para-hydroxylation sites is 1. The summed E-state index contributed by atoms with van der Waals surface area (Å²) in [5, 5.41) is 5.27. The minimum atomic E-state index is 0.209. The summed E-state index contributed by atoms with van der Waals surface area (Å²) in [6.07, 6.45) is 2.10. The van der Waals surface area contributed by atoms with E-state index in [1.54, 1.807) is 0 Å². The maximum atomic E-state index is 5.54. The van der Waals surface area contributed by atoms with E-state index in [1.807, 2.05) is 24.3 Å². The molecule has 1 aliphatic heterocycles. The van der Waals surface area contributed by atoms with Crippen LogP contribution in [0.15, 0.2) is 53.2 Å². The SMILES string of the molecule is CC(C)n1ccc2cc(-c3nc(-c4cccc5c4OCO5)no3)ccc21. The molecule has 0 fully saturated rings. The number of nitrogens with zero attached hydrogens (tertiary/aromatic N) is 3. The lowest BCUT2D eigenvalue weighted by Gasteiger charge is -2.09. The van der Waals surface area contributed by atoms with Gasteiger partial charge in [0, 0.05) is 28.7 Å². The van der Waals surface area contributed by atoms with Crippen molar-refractivity contribution in [2.24, 2.45) is 0 Å². The molecule has 0 saturated carbocycles. The first-order valence-corrected chi connectivity index (χ1v) is 8.54. The van der Waals surface area contributed by atoms with Gasteiger partial charge in [-0.3, -0.25) is 0 Å². The quantitative estimate of drug-likeness (QED) is 0.539. The Hall–Kier alpha value is -3.28. The minimum absolute atomic E-state index is 0.209. The van der Waals surface area contributed by atoms with E-state index < -0.39 is 0 Å². The molecule has 3 heterocycles. The van der Waals surface area contributed by atoms with Crippen LogP contribution in [0.3, 0.4) is 0 Å². The van der Waals surface area contributed by atoms with Crippen molar-refractivity contribution in [3.8, 4) is 34.3 Å². The van der Waals surface area contributed by atoms with Gasteiger partial charge in [0.05, 0.1) is 5.56 Å². The van der Waals surface area contributed by atoms with E-state index in [2.05, 4.69) is 53.0 Å². The van der Waals surface area contributed by atoms with Gasteiger partial charge in [-0.1, -0.05) is 11.2 Å². The van der Waals surface area contributed by atoms with Crippen LogP contribution in [-0.2, 0) is 0 Å². The van der Waals surface area contributed by atoms with Crippen molar-refractivity contribution in [3.63, 3.8) is 0 Å². The Kier molecular flexibility index (Phi) is 3.25. The van der Waals surface area contributed by atoms with E-state index >= 15 is 0 Å². The van der Waals surface area contributed by atoms with E-state index in [4.69, 9.17) is 14.0 Å². The highest BCUT2D eigenvalue weighted by atomic mass is 16.7. The van der Waals surface area contributed by atoms with Crippen molar-refractivity contribution in [1.29, 1.82) is 0 Å². The lowest BCUT2D eigenvalue weighted by molar-refractivity contribution is 0.174. The summed E-state index contributed by atoms with van der Waals surface area (Å²) in [7, 11) is 0. The molecule has 0 unspecified atom stereocenters. The first-order valence-electron chi connectivity index (χ1n) is 8.54. The molecule has 6 heteroatoms. The van der Waals surface area contributed by atoms with Crippen LogP contribution in [0.4, 0.5) is 0 Å². The van der Waals surface area contributed by atoms with E-state index in [-0.39, 0.29) is 6.79 Å².